The minimum Gasteiger partial charge on any atom is -0.463 e. The van der Waals surface area contributed by atoms with Gasteiger partial charge < -0.3 is 15.0 Å². The third kappa shape index (κ3) is 4.82. The minimum atomic E-state index is -0.674. The van der Waals surface area contributed by atoms with Gasteiger partial charge in [-0.25, -0.2) is 14.0 Å². The van der Waals surface area contributed by atoms with Gasteiger partial charge in [0.25, 0.3) is 0 Å². The largest absolute Gasteiger partial charge is 0.463 e. The highest BCUT2D eigenvalue weighted by Crippen LogP contribution is 2.32. The number of benzene rings is 1. The molecule has 3 rings (SSSR count). The second kappa shape index (κ2) is 10.0. The smallest absolute Gasteiger partial charge is 0.338 e. The molecule has 2 aliphatic rings. The molecular weight excluding hydrogens is 387 g/mol. The number of urea groups is 1. The number of halogens is 1. The van der Waals surface area contributed by atoms with Crippen molar-refractivity contribution in [2.24, 2.45) is 0 Å². The quantitative estimate of drug-likeness (QED) is 0.689. The van der Waals surface area contributed by atoms with Crippen LogP contribution < -0.4 is 5.32 Å². The van der Waals surface area contributed by atoms with Crippen LogP contribution in [-0.4, -0.2) is 79.1 Å². The summed E-state index contributed by atoms with van der Waals surface area (Å²) in [6.45, 7) is 11.6. The molecule has 0 saturated carbocycles. The molecule has 2 amide bonds. The van der Waals surface area contributed by atoms with Crippen LogP contribution in [0, 0.1) is 5.82 Å². The molecule has 7 nitrogen and oxygen atoms in total. The van der Waals surface area contributed by atoms with Crippen molar-refractivity contribution < 1.29 is 18.7 Å². The first-order valence-corrected chi connectivity index (χ1v) is 10.7. The second-order valence-electron chi connectivity index (χ2n) is 7.47. The van der Waals surface area contributed by atoms with Crippen LogP contribution in [0.5, 0.6) is 0 Å². The molecule has 1 N–H and O–H groups in total. The topological polar surface area (TPSA) is 65.1 Å². The van der Waals surface area contributed by atoms with Gasteiger partial charge in [-0.1, -0.05) is 19.1 Å². The maximum Gasteiger partial charge on any atom is 0.338 e. The van der Waals surface area contributed by atoms with Crippen LogP contribution in [0.4, 0.5) is 9.18 Å². The lowest BCUT2D eigenvalue weighted by molar-refractivity contribution is -0.139. The Hall–Kier alpha value is -2.45. The summed E-state index contributed by atoms with van der Waals surface area (Å²) in [6, 6.07) is 4.92. The van der Waals surface area contributed by atoms with Crippen molar-refractivity contribution in [3.63, 3.8) is 0 Å². The molecule has 1 unspecified atom stereocenters. The summed E-state index contributed by atoms with van der Waals surface area (Å²) in [5.41, 5.74) is 1.73. The van der Waals surface area contributed by atoms with E-state index in [0.717, 1.165) is 32.7 Å². The van der Waals surface area contributed by atoms with Gasteiger partial charge >= 0.3 is 12.0 Å². The van der Waals surface area contributed by atoms with E-state index >= 15 is 0 Å². The zero-order valence-corrected chi connectivity index (χ0v) is 18.0. The van der Waals surface area contributed by atoms with Crippen molar-refractivity contribution >= 4 is 12.0 Å². The third-order valence-electron chi connectivity index (χ3n) is 5.74. The predicted molar refractivity (Wildman–Crippen MR) is 112 cm³/mol. The van der Waals surface area contributed by atoms with Crippen LogP contribution in [0.3, 0.4) is 0 Å². The summed E-state index contributed by atoms with van der Waals surface area (Å²) in [7, 11) is 0. The number of ether oxygens (including phenoxy) is 1. The maximum absolute atomic E-state index is 13.5. The Morgan fingerprint density at radius 3 is 2.27 bits per heavy atom. The van der Waals surface area contributed by atoms with E-state index in [4.69, 9.17) is 4.74 Å². The van der Waals surface area contributed by atoms with Crippen molar-refractivity contribution in [3.05, 3.63) is 46.9 Å². The number of nitrogens with one attached hydrogen (secondary N) is 1. The number of piperazine rings is 1. The number of nitrogens with zero attached hydrogens (tertiary/aromatic N) is 3. The Kier molecular flexibility index (Phi) is 7.44. The molecule has 8 heteroatoms. The molecule has 164 valence electrons. The van der Waals surface area contributed by atoms with Crippen molar-refractivity contribution in [1.82, 2.24) is 20.0 Å². The van der Waals surface area contributed by atoms with Gasteiger partial charge in [0.15, 0.2) is 0 Å². The van der Waals surface area contributed by atoms with Gasteiger partial charge in [0, 0.05) is 45.0 Å². The van der Waals surface area contributed by atoms with Crippen LogP contribution in [0.1, 0.15) is 32.4 Å². The summed E-state index contributed by atoms with van der Waals surface area (Å²) >= 11 is 0. The van der Waals surface area contributed by atoms with E-state index < -0.39 is 12.0 Å². The Bertz CT molecular complexity index is 788. The molecule has 2 heterocycles. The molecule has 30 heavy (non-hydrogen) atoms. The van der Waals surface area contributed by atoms with Crippen LogP contribution in [0.15, 0.2) is 35.5 Å². The van der Waals surface area contributed by atoms with E-state index in [0.29, 0.717) is 29.9 Å². The molecule has 0 spiro atoms. The molecule has 1 aromatic rings. The van der Waals surface area contributed by atoms with E-state index in [1.54, 1.807) is 24.0 Å². The average molecular weight is 419 g/mol. The van der Waals surface area contributed by atoms with Gasteiger partial charge in [-0.3, -0.25) is 9.80 Å². The molecule has 1 aromatic carbocycles. The molecule has 1 atom stereocenters. The predicted octanol–water partition coefficient (Wildman–Crippen LogP) is 2.37. The number of likely N-dealkylation sites (N-methyl/N-ethyl adjacent to an activating group) is 2. The summed E-state index contributed by atoms with van der Waals surface area (Å²) in [4.78, 5) is 32.1. The third-order valence-corrected chi connectivity index (χ3v) is 5.74. The number of esters is 1. The van der Waals surface area contributed by atoms with Gasteiger partial charge in [0.05, 0.1) is 18.2 Å². The highest BCUT2D eigenvalue weighted by molar-refractivity contribution is 5.95. The first-order valence-electron chi connectivity index (χ1n) is 10.7. The molecule has 1 saturated heterocycles. The first kappa shape index (κ1) is 22.2. The van der Waals surface area contributed by atoms with E-state index in [-0.39, 0.29) is 18.5 Å². The summed E-state index contributed by atoms with van der Waals surface area (Å²) in [6.07, 6.45) is 0. The number of rotatable bonds is 7. The van der Waals surface area contributed by atoms with Crippen LogP contribution >= 0.6 is 0 Å². The average Bonchev–Trinajstić information content (AvgIpc) is 2.75. The van der Waals surface area contributed by atoms with E-state index in [1.165, 1.54) is 12.1 Å². The lowest BCUT2D eigenvalue weighted by atomic mass is 9.94. The van der Waals surface area contributed by atoms with Crippen molar-refractivity contribution in [3.8, 4) is 0 Å². The van der Waals surface area contributed by atoms with Gasteiger partial charge in [-0.05, 0) is 38.1 Å². The van der Waals surface area contributed by atoms with Gasteiger partial charge in [-0.15, -0.1) is 0 Å². The Morgan fingerprint density at radius 1 is 1.07 bits per heavy atom. The van der Waals surface area contributed by atoms with E-state index in [9.17, 15) is 14.0 Å². The number of carbonyl (C=O) groups is 2. The summed E-state index contributed by atoms with van der Waals surface area (Å²) < 4.78 is 18.8. The number of amides is 2. The fourth-order valence-electron chi connectivity index (χ4n) is 4.04. The first-order chi connectivity index (χ1) is 14.5. The molecular formula is C22H31FN4O3. The summed E-state index contributed by atoms with van der Waals surface area (Å²) in [5, 5.41) is 2.91. The highest BCUT2D eigenvalue weighted by Gasteiger charge is 2.38. The monoisotopic (exact) mass is 418 g/mol. The second-order valence-corrected chi connectivity index (χ2v) is 7.47. The number of carbonyl (C=O) groups excluding carboxylic acids is 2. The van der Waals surface area contributed by atoms with Crippen molar-refractivity contribution in [2.45, 2.75) is 26.8 Å². The zero-order chi connectivity index (χ0) is 21.7. The standard InChI is InChI=1S/C22H31FN4O3/c1-4-25-11-13-26(14-12-25)15-18-19(21(28)30-6-3)20(24-22(29)27(18)5-2)16-7-9-17(23)10-8-16/h7-10,20H,4-6,11-15H2,1-3H3,(H,24,29). The molecule has 0 radical (unpaired) electrons. The highest BCUT2D eigenvalue weighted by atomic mass is 19.1. The molecule has 2 aliphatic heterocycles. The van der Waals surface area contributed by atoms with E-state index in [2.05, 4.69) is 22.0 Å². The molecule has 0 aromatic heterocycles. The van der Waals surface area contributed by atoms with Crippen LogP contribution in [-0.2, 0) is 9.53 Å². The van der Waals surface area contributed by atoms with E-state index in [1.807, 2.05) is 6.92 Å². The lowest BCUT2D eigenvalue weighted by Gasteiger charge is -2.40. The normalized spacial score (nSPS) is 21.0. The summed E-state index contributed by atoms with van der Waals surface area (Å²) in [5.74, 6) is -0.820. The van der Waals surface area contributed by atoms with Crippen LogP contribution in [0.2, 0.25) is 0 Å². The maximum atomic E-state index is 13.5. The van der Waals surface area contributed by atoms with Crippen molar-refractivity contribution in [2.75, 3.05) is 52.4 Å². The number of hydrogen-bond acceptors (Lipinski definition) is 5. The van der Waals surface area contributed by atoms with Crippen molar-refractivity contribution in [1.29, 1.82) is 0 Å². The minimum absolute atomic E-state index is 0.237. The SMILES string of the molecule is CCOC(=O)C1=C(CN2CCN(CC)CC2)N(CC)C(=O)NC1c1ccc(F)cc1. The number of hydrogen-bond donors (Lipinski definition) is 1. The Morgan fingerprint density at radius 2 is 1.70 bits per heavy atom. The van der Waals surface area contributed by atoms with Gasteiger partial charge in [-0.2, -0.15) is 0 Å². The van der Waals surface area contributed by atoms with Crippen LogP contribution in [0.25, 0.3) is 0 Å². The molecule has 0 bridgehead atoms. The fourth-order valence-corrected chi connectivity index (χ4v) is 4.04. The Balaban J connectivity index is 2.00. The fraction of sp³-hybridized carbons (Fsp3) is 0.545. The lowest BCUT2D eigenvalue weighted by Crippen LogP contribution is -2.53. The van der Waals surface area contributed by atoms with Gasteiger partial charge in [0.2, 0.25) is 0 Å². The Labute approximate surface area is 177 Å². The molecule has 1 fully saturated rings. The molecule has 0 aliphatic carbocycles. The van der Waals surface area contributed by atoms with Gasteiger partial charge in [0.1, 0.15) is 5.82 Å². The zero-order valence-electron chi connectivity index (χ0n) is 18.0.